The number of hydrogen-bond donors (Lipinski definition) is 2. The third-order valence-electron chi connectivity index (χ3n) is 4.73. The number of carbonyl (C=O) groups is 2. The molecule has 1 heterocycles. The molecule has 8 heteroatoms. The van der Waals surface area contributed by atoms with Crippen molar-refractivity contribution in [2.45, 2.75) is 63.4 Å². The highest BCUT2D eigenvalue weighted by atomic mass is 32.2. The van der Waals surface area contributed by atoms with Gasteiger partial charge in [0.1, 0.15) is 0 Å². The topological polar surface area (TPSA) is 93.1 Å². The first-order valence-electron chi connectivity index (χ1n) is 9.95. The summed E-state index contributed by atoms with van der Waals surface area (Å²) in [6.45, 7) is 8.07. The molecular formula is C21H30N4O3S. The molecule has 29 heavy (non-hydrogen) atoms. The van der Waals surface area contributed by atoms with Crippen molar-refractivity contribution in [1.82, 2.24) is 20.2 Å². The van der Waals surface area contributed by atoms with Crippen molar-refractivity contribution in [3.63, 3.8) is 0 Å². The molecule has 0 bridgehead atoms. The van der Waals surface area contributed by atoms with Crippen molar-refractivity contribution < 1.29 is 9.59 Å². The molecule has 0 aliphatic carbocycles. The van der Waals surface area contributed by atoms with E-state index in [2.05, 4.69) is 29.5 Å². The quantitative estimate of drug-likeness (QED) is 0.503. The Labute approximate surface area is 175 Å². The van der Waals surface area contributed by atoms with Gasteiger partial charge < -0.3 is 5.32 Å². The second kappa shape index (κ2) is 10.4. The molecule has 0 saturated heterocycles. The summed E-state index contributed by atoms with van der Waals surface area (Å²) in [7, 11) is 1.45. The number of benzene rings is 1. The van der Waals surface area contributed by atoms with E-state index in [1.165, 1.54) is 18.8 Å². The lowest BCUT2D eigenvalue weighted by atomic mass is 10.0. The molecule has 0 saturated carbocycles. The molecule has 0 fully saturated rings. The van der Waals surface area contributed by atoms with E-state index in [0.29, 0.717) is 22.0 Å². The van der Waals surface area contributed by atoms with Gasteiger partial charge in [0, 0.05) is 13.1 Å². The van der Waals surface area contributed by atoms with Gasteiger partial charge in [0.15, 0.2) is 5.16 Å². The molecule has 2 rings (SSSR count). The largest absolute Gasteiger partial charge is 0.341 e. The minimum absolute atomic E-state index is 0.0462. The lowest BCUT2D eigenvalue weighted by Gasteiger charge is -2.21. The van der Waals surface area contributed by atoms with Crippen LogP contribution in [0.3, 0.4) is 0 Å². The van der Waals surface area contributed by atoms with E-state index in [1.54, 1.807) is 23.6 Å². The minimum Gasteiger partial charge on any atom is -0.341 e. The second-order valence-corrected chi connectivity index (χ2v) is 8.90. The Morgan fingerprint density at radius 3 is 2.48 bits per heavy atom. The number of amides is 3. The van der Waals surface area contributed by atoms with Gasteiger partial charge in [-0.1, -0.05) is 50.6 Å². The number of fused-ring (bicyclic) bond motifs is 1. The average molecular weight is 419 g/mol. The van der Waals surface area contributed by atoms with Crippen LogP contribution >= 0.6 is 11.8 Å². The lowest BCUT2D eigenvalue weighted by Crippen LogP contribution is -2.41. The monoisotopic (exact) mass is 418 g/mol. The number of imide groups is 1. The van der Waals surface area contributed by atoms with Gasteiger partial charge in [0.2, 0.25) is 5.91 Å². The van der Waals surface area contributed by atoms with Crippen molar-refractivity contribution in [2.75, 3.05) is 7.05 Å². The third-order valence-corrected chi connectivity index (χ3v) is 5.80. The Balaban J connectivity index is 2.37. The molecule has 3 amide bonds. The zero-order chi connectivity index (χ0) is 21.6. The zero-order valence-electron chi connectivity index (χ0n) is 17.7. The normalized spacial score (nSPS) is 13.3. The molecule has 0 aliphatic heterocycles. The van der Waals surface area contributed by atoms with E-state index in [1.807, 2.05) is 19.1 Å². The van der Waals surface area contributed by atoms with Gasteiger partial charge >= 0.3 is 6.03 Å². The van der Waals surface area contributed by atoms with E-state index in [0.717, 1.165) is 19.3 Å². The van der Waals surface area contributed by atoms with Crippen LogP contribution in [-0.4, -0.2) is 33.8 Å². The van der Waals surface area contributed by atoms with Gasteiger partial charge in [-0.15, -0.1) is 0 Å². The number of para-hydroxylation sites is 1. The highest BCUT2D eigenvalue weighted by Gasteiger charge is 2.22. The van der Waals surface area contributed by atoms with Crippen LogP contribution in [0, 0.1) is 5.92 Å². The van der Waals surface area contributed by atoms with E-state index in [4.69, 9.17) is 0 Å². The van der Waals surface area contributed by atoms with Crippen LogP contribution < -0.4 is 16.2 Å². The molecule has 2 atom stereocenters. The maximum atomic E-state index is 13.2. The zero-order valence-corrected chi connectivity index (χ0v) is 18.5. The van der Waals surface area contributed by atoms with Crippen molar-refractivity contribution in [1.29, 1.82) is 0 Å². The van der Waals surface area contributed by atoms with Crippen LogP contribution in [0.5, 0.6) is 0 Å². The Hall–Kier alpha value is -2.35. The van der Waals surface area contributed by atoms with Gasteiger partial charge in [-0.05, 0) is 38.3 Å². The van der Waals surface area contributed by atoms with Gasteiger partial charge in [0.05, 0.1) is 16.2 Å². The summed E-state index contributed by atoms with van der Waals surface area (Å²) >= 11 is 1.19. The van der Waals surface area contributed by atoms with Crippen LogP contribution in [0.15, 0.2) is 34.2 Å². The van der Waals surface area contributed by atoms with Gasteiger partial charge in [-0.3, -0.25) is 19.5 Å². The number of thioether (sulfide) groups is 1. The van der Waals surface area contributed by atoms with E-state index >= 15 is 0 Å². The number of carbonyl (C=O) groups excluding carboxylic acids is 2. The molecular weight excluding hydrogens is 388 g/mol. The first-order chi connectivity index (χ1) is 13.7. The summed E-state index contributed by atoms with van der Waals surface area (Å²) in [5.41, 5.74) is 0.499. The molecule has 1 aromatic carbocycles. The van der Waals surface area contributed by atoms with Crippen LogP contribution in [0.1, 0.15) is 53.0 Å². The fraction of sp³-hybridized carbons (Fsp3) is 0.524. The predicted molar refractivity (Wildman–Crippen MR) is 117 cm³/mol. The van der Waals surface area contributed by atoms with Crippen molar-refractivity contribution in [2.24, 2.45) is 5.92 Å². The molecule has 2 N–H and O–H groups in total. The molecule has 7 nitrogen and oxygen atoms in total. The van der Waals surface area contributed by atoms with Crippen molar-refractivity contribution in [3.05, 3.63) is 34.6 Å². The van der Waals surface area contributed by atoms with Gasteiger partial charge in [0.25, 0.3) is 5.56 Å². The molecule has 0 radical (unpaired) electrons. The first-order valence-corrected chi connectivity index (χ1v) is 10.8. The Morgan fingerprint density at radius 1 is 1.14 bits per heavy atom. The number of nitrogens with one attached hydrogen (secondary N) is 2. The lowest BCUT2D eigenvalue weighted by molar-refractivity contribution is -0.119. The highest BCUT2D eigenvalue weighted by Crippen LogP contribution is 2.27. The smallest absolute Gasteiger partial charge is 0.321 e. The number of rotatable bonds is 8. The first kappa shape index (κ1) is 22.9. The number of aromatic nitrogens is 2. The minimum atomic E-state index is -0.588. The Kier molecular flexibility index (Phi) is 8.25. The fourth-order valence-corrected chi connectivity index (χ4v) is 4.05. The van der Waals surface area contributed by atoms with Crippen molar-refractivity contribution in [3.8, 4) is 0 Å². The van der Waals surface area contributed by atoms with Crippen molar-refractivity contribution >= 4 is 34.6 Å². The highest BCUT2D eigenvalue weighted by molar-refractivity contribution is 8.00. The predicted octanol–water partition coefficient (Wildman–Crippen LogP) is 3.72. The average Bonchev–Trinajstić information content (AvgIpc) is 2.67. The van der Waals surface area contributed by atoms with Gasteiger partial charge in [-0.25, -0.2) is 9.78 Å². The molecule has 1 aromatic heterocycles. The van der Waals surface area contributed by atoms with E-state index < -0.39 is 17.2 Å². The summed E-state index contributed by atoms with van der Waals surface area (Å²) in [5.74, 6) is 0.173. The van der Waals surface area contributed by atoms with Gasteiger partial charge in [-0.2, -0.15) is 0 Å². The Bertz CT molecular complexity index is 926. The summed E-state index contributed by atoms with van der Waals surface area (Å²) in [6.07, 6.45) is 2.95. The Morgan fingerprint density at radius 2 is 1.83 bits per heavy atom. The second-order valence-electron chi connectivity index (χ2n) is 7.59. The standard InChI is InChI=1S/C21H30N4O3S/c1-13(2)9-8-10-14(3)25-19(27)16-11-6-7-12-17(16)23-21(25)29-15(4)18(26)24-20(28)22-5/h6-7,11-15H,8-10H2,1-5H3,(H2,22,24,26,28)/t14-,15+/m0/s1. The molecule has 0 spiro atoms. The maximum absolute atomic E-state index is 13.2. The van der Waals surface area contributed by atoms with E-state index in [-0.39, 0.29) is 11.6 Å². The van der Waals surface area contributed by atoms with Crippen LogP contribution in [0.25, 0.3) is 10.9 Å². The maximum Gasteiger partial charge on any atom is 0.321 e. The third kappa shape index (κ3) is 6.06. The van der Waals surface area contributed by atoms with Crippen LogP contribution in [0.4, 0.5) is 4.79 Å². The summed E-state index contributed by atoms with van der Waals surface area (Å²) in [5, 5.41) is 5.10. The molecule has 0 aliphatic rings. The number of urea groups is 1. The SMILES string of the molecule is CNC(=O)NC(=O)[C@@H](C)Sc1nc2ccccc2c(=O)n1[C@@H](C)CCCC(C)C. The number of nitrogens with zero attached hydrogens (tertiary/aromatic N) is 2. The van der Waals surface area contributed by atoms with Crippen LogP contribution in [-0.2, 0) is 4.79 Å². The number of hydrogen-bond acceptors (Lipinski definition) is 5. The summed E-state index contributed by atoms with van der Waals surface area (Å²) in [6, 6.07) is 6.62. The molecule has 2 aromatic rings. The summed E-state index contributed by atoms with van der Waals surface area (Å²) in [4.78, 5) is 41.6. The summed E-state index contributed by atoms with van der Waals surface area (Å²) < 4.78 is 1.69. The van der Waals surface area contributed by atoms with E-state index in [9.17, 15) is 14.4 Å². The fourth-order valence-electron chi connectivity index (χ4n) is 3.04. The molecule has 0 unspecified atom stereocenters. The van der Waals surface area contributed by atoms with Crippen LogP contribution in [0.2, 0.25) is 0 Å². The molecule has 158 valence electrons.